The summed E-state index contributed by atoms with van der Waals surface area (Å²) >= 11 is 0. The van der Waals surface area contributed by atoms with Crippen molar-refractivity contribution in [3.8, 4) is 0 Å². The smallest absolute Gasteiger partial charge is 0.407 e. The van der Waals surface area contributed by atoms with Gasteiger partial charge in [0.25, 0.3) is 0 Å². The van der Waals surface area contributed by atoms with Crippen molar-refractivity contribution in [2.45, 2.75) is 31.2 Å². The fourth-order valence-electron chi connectivity index (χ4n) is 2.52. The lowest BCUT2D eigenvalue weighted by molar-refractivity contribution is -0.0657. The van der Waals surface area contributed by atoms with E-state index in [0.29, 0.717) is 39.5 Å². The topological polar surface area (TPSA) is 77.5 Å². The zero-order valence-corrected chi connectivity index (χ0v) is 11.8. The lowest BCUT2D eigenvalue weighted by atomic mass is 10.1. The molecule has 2 rings (SSSR count). The van der Waals surface area contributed by atoms with Crippen LogP contribution in [0.5, 0.6) is 0 Å². The molecule has 0 saturated carbocycles. The molecule has 20 heavy (non-hydrogen) atoms. The number of likely N-dealkylation sites (tertiary alicyclic amines) is 1. The molecule has 0 aliphatic carbocycles. The Morgan fingerprint density at radius 1 is 1.20 bits per heavy atom. The number of piperidine rings is 1. The molecule has 2 heterocycles. The second-order valence-corrected chi connectivity index (χ2v) is 5.06. The van der Waals surface area contributed by atoms with E-state index in [4.69, 9.17) is 24.1 Å². The highest BCUT2D eigenvalue weighted by molar-refractivity contribution is 5.64. The molecule has 2 saturated heterocycles. The Labute approximate surface area is 118 Å². The maximum atomic E-state index is 10.8. The maximum Gasteiger partial charge on any atom is 0.407 e. The summed E-state index contributed by atoms with van der Waals surface area (Å²) in [6, 6.07) is 0. The molecule has 2 aliphatic heterocycles. The van der Waals surface area contributed by atoms with Crippen LogP contribution in [0.3, 0.4) is 0 Å². The van der Waals surface area contributed by atoms with Crippen molar-refractivity contribution >= 4 is 6.09 Å². The first-order chi connectivity index (χ1) is 9.70. The van der Waals surface area contributed by atoms with Gasteiger partial charge in [0.05, 0.1) is 32.5 Å². The third-order valence-electron chi connectivity index (χ3n) is 3.76. The fraction of sp³-hybridized carbons (Fsp3) is 0.923. The van der Waals surface area contributed by atoms with Gasteiger partial charge < -0.3 is 29.0 Å². The lowest BCUT2D eigenvalue weighted by Gasteiger charge is -2.30. The standard InChI is InChI=1S/C13H23NO6/c1-17-11-8-18-9-12(11)20-7-6-19-10-2-4-14(5-3-10)13(15)16/h10-12H,2-9H2,1H3,(H,15,16)/t11-,12-/m1/s1. The first kappa shape index (κ1) is 15.5. The summed E-state index contributed by atoms with van der Waals surface area (Å²) in [5.41, 5.74) is 0. The highest BCUT2D eigenvalue weighted by atomic mass is 16.6. The summed E-state index contributed by atoms with van der Waals surface area (Å²) < 4.78 is 21.9. The first-order valence-electron chi connectivity index (χ1n) is 7.02. The van der Waals surface area contributed by atoms with Gasteiger partial charge in [-0.15, -0.1) is 0 Å². The van der Waals surface area contributed by atoms with Gasteiger partial charge in [-0.1, -0.05) is 0 Å². The highest BCUT2D eigenvalue weighted by Crippen LogP contribution is 2.15. The summed E-state index contributed by atoms with van der Waals surface area (Å²) in [6.07, 6.45) is 0.774. The van der Waals surface area contributed by atoms with E-state index in [1.807, 2.05) is 0 Å². The Hall–Kier alpha value is -0.890. The zero-order valence-electron chi connectivity index (χ0n) is 11.8. The van der Waals surface area contributed by atoms with Crippen LogP contribution in [-0.4, -0.2) is 81.0 Å². The van der Waals surface area contributed by atoms with E-state index in [-0.39, 0.29) is 18.3 Å². The van der Waals surface area contributed by atoms with Gasteiger partial charge in [0.1, 0.15) is 12.2 Å². The van der Waals surface area contributed by atoms with Crippen molar-refractivity contribution in [3.63, 3.8) is 0 Å². The molecular weight excluding hydrogens is 266 g/mol. The molecule has 0 spiro atoms. The van der Waals surface area contributed by atoms with Crippen LogP contribution in [0.4, 0.5) is 4.79 Å². The molecule has 0 aromatic carbocycles. The molecule has 0 unspecified atom stereocenters. The minimum atomic E-state index is -0.848. The summed E-state index contributed by atoms with van der Waals surface area (Å²) in [5, 5.41) is 8.85. The summed E-state index contributed by atoms with van der Waals surface area (Å²) in [5.74, 6) is 0. The Morgan fingerprint density at radius 2 is 1.85 bits per heavy atom. The van der Waals surface area contributed by atoms with E-state index >= 15 is 0 Å². The van der Waals surface area contributed by atoms with Gasteiger partial charge >= 0.3 is 6.09 Å². The second-order valence-electron chi connectivity index (χ2n) is 5.06. The Morgan fingerprint density at radius 3 is 2.50 bits per heavy atom. The summed E-state index contributed by atoms with van der Waals surface area (Å²) in [7, 11) is 1.66. The molecule has 116 valence electrons. The van der Waals surface area contributed by atoms with Crippen molar-refractivity contribution in [3.05, 3.63) is 0 Å². The molecule has 2 aliphatic rings. The number of amides is 1. The largest absolute Gasteiger partial charge is 0.465 e. The Balaban J connectivity index is 1.55. The Bertz CT molecular complexity index is 305. The predicted octanol–water partition coefficient (Wildman–Crippen LogP) is 0.576. The van der Waals surface area contributed by atoms with Crippen LogP contribution in [-0.2, 0) is 18.9 Å². The van der Waals surface area contributed by atoms with Crippen molar-refractivity contribution in [2.24, 2.45) is 0 Å². The van der Waals surface area contributed by atoms with Gasteiger partial charge in [-0.25, -0.2) is 4.79 Å². The average Bonchev–Trinajstić information content (AvgIpc) is 2.91. The average molecular weight is 289 g/mol. The van der Waals surface area contributed by atoms with Crippen molar-refractivity contribution < 1.29 is 28.8 Å². The van der Waals surface area contributed by atoms with E-state index in [0.717, 1.165) is 12.8 Å². The van der Waals surface area contributed by atoms with E-state index in [9.17, 15) is 4.79 Å². The van der Waals surface area contributed by atoms with E-state index in [1.54, 1.807) is 7.11 Å². The number of rotatable bonds is 6. The number of hydrogen-bond acceptors (Lipinski definition) is 5. The van der Waals surface area contributed by atoms with E-state index in [2.05, 4.69) is 0 Å². The molecule has 0 bridgehead atoms. The van der Waals surface area contributed by atoms with Crippen LogP contribution in [0, 0.1) is 0 Å². The molecule has 0 aromatic rings. The van der Waals surface area contributed by atoms with Crippen LogP contribution >= 0.6 is 0 Å². The SMILES string of the molecule is CO[C@@H]1COC[C@H]1OCCOC1CCN(C(=O)O)CC1. The third-order valence-corrected chi connectivity index (χ3v) is 3.76. The molecule has 2 atom stereocenters. The number of hydrogen-bond donors (Lipinski definition) is 1. The predicted molar refractivity (Wildman–Crippen MR) is 69.9 cm³/mol. The van der Waals surface area contributed by atoms with Crippen LogP contribution in [0.2, 0.25) is 0 Å². The minimum Gasteiger partial charge on any atom is -0.465 e. The number of nitrogens with zero attached hydrogens (tertiary/aromatic N) is 1. The van der Waals surface area contributed by atoms with Crippen molar-refractivity contribution in [1.29, 1.82) is 0 Å². The van der Waals surface area contributed by atoms with Crippen LogP contribution in [0.15, 0.2) is 0 Å². The van der Waals surface area contributed by atoms with Gasteiger partial charge in [-0.3, -0.25) is 0 Å². The normalized spacial score (nSPS) is 27.9. The van der Waals surface area contributed by atoms with Crippen LogP contribution < -0.4 is 0 Å². The number of methoxy groups -OCH3 is 1. The molecule has 1 amide bonds. The number of ether oxygens (including phenoxy) is 4. The number of carboxylic acid groups (broad SMARTS) is 1. The molecular formula is C13H23NO6. The van der Waals surface area contributed by atoms with Gasteiger partial charge in [0.15, 0.2) is 0 Å². The van der Waals surface area contributed by atoms with Gasteiger partial charge in [-0.05, 0) is 12.8 Å². The molecule has 2 fully saturated rings. The zero-order chi connectivity index (χ0) is 14.4. The maximum absolute atomic E-state index is 10.8. The fourth-order valence-corrected chi connectivity index (χ4v) is 2.52. The highest BCUT2D eigenvalue weighted by Gasteiger charge is 2.29. The third kappa shape index (κ3) is 4.31. The van der Waals surface area contributed by atoms with E-state index in [1.165, 1.54) is 4.90 Å². The van der Waals surface area contributed by atoms with Gasteiger partial charge in [0, 0.05) is 20.2 Å². The van der Waals surface area contributed by atoms with Gasteiger partial charge in [-0.2, -0.15) is 0 Å². The minimum absolute atomic E-state index is 0.00815. The van der Waals surface area contributed by atoms with Crippen molar-refractivity contribution in [2.75, 3.05) is 46.6 Å². The number of carbonyl (C=O) groups is 1. The first-order valence-corrected chi connectivity index (χ1v) is 7.02. The lowest BCUT2D eigenvalue weighted by Crippen LogP contribution is -2.40. The molecule has 7 heteroatoms. The second kappa shape index (κ2) is 7.78. The molecule has 0 radical (unpaired) electrons. The summed E-state index contributed by atoms with van der Waals surface area (Å²) in [4.78, 5) is 12.2. The van der Waals surface area contributed by atoms with E-state index < -0.39 is 6.09 Å². The quantitative estimate of drug-likeness (QED) is 0.721. The van der Waals surface area contributed by atoms with Crippen LogP contribution in [0.25, 0.3) is 0 Å². The van der Waals surface area contributed by atoms with Gasteiger partial charge in [0.2, 0.25) is 0 Å². The van der Waals surface area contributed by atoms with Crippen LogP contribution in [0.1, 0.15) is 12.8 Å². The summed E-state index contributed by atoms with van der Waals surface area (Å²) in [6.45, 7) is 3.26. The Kier molecular flexibility index (Phi) is 6.03. The molecule has 0 aromatic heterocycles. The molecule has 1 N–H and O–H groups in total. The van der Waals surface area contributed by atoms with Crippen molar-refractivity contribution in [1.82, 2.24) is 4.90 Å². The monoisotopic (exact) mass is 289 g/mol. The molecule has 7 nitrogen and oxygen atoms in total.